The zero-order valence-electron chi connectivity index (χ0n) is 19.3. The number of ether oxygens (including phenoxy) is 2. The van der Waals surface area contributed by atoms with Crippen LogP contribution in [0.1, 0.15) is 49.4 Å². The Morgan fingerprint density at radius 2 is 1.65 bits per heavy atom. The van der Waals surface area contributed by atoms with Gasteiger partial charge in [0.05, 0.1) is 18.1 Å². The molecule has 0 radical (unpaired) electrons. The number of amides is 2. The second-order valence-corrected chi connectivity index (χ2v) is 9.76. The third-order valence-corrected chi connectivity index (χ3v) is 7.21. The first-order valence-corrected chi connectivity index (χ1v) is 12.9. The van der Waals surface area contributed by atoms with Gasteiger partial charge in [0, 0.05) is 25.1 Å². The van der Waals surface area contributed by atoms with Crippen molar-refractivity contribution in [2.75, 3.05) is 26.3 Å². The van der Waals surface area contributed by atoms with Gasteiger partial charge in [-0.2, -0.15) is 4.31 Å². The van der Waals surface area contributed by atoms with Gasteiger partial charge in [0.15, 0.2) is 11.5 Å². The number of benzene rings is 2. The Kier molecular flexibility index (Phi) is 9.29. The fraction of sp³-hybridized carbons (Fsp3) is 0.417. The normalized spacial score (nSPS) is 14.3. The summed E-state index contributed by atoms with van der Waals surface area (Å²) in [5.74, 6) is 0.279. The van der Waals surface area contributed by atoms with E-state index in [4.69, 9.17) is 9.47 Å². The van der Waals surface area contributed by atoms with Crippen LogP contribution < -0.4 is 20.3 Å². The molecule has 2 N–H and O–H groups in total. The lowest BCUT2D eigenvalue weighted by Crippen LogP contribution is -2.41. The highest BCUT2D eigenvalue weighted by Crippen LogP contribution is 2.26. The predicted molar refractivity (Wildman–Crippen MR) is 127 cm³/mol. The molecule has 34 heavy (non-hydrogen) atoms. The fourth-order valence-electron chi connectivity index (χ4n) is 3.57. The molecule has 0 aromatic heterocycles. The third-order valence-electron chi connectivity index (χ3n) is 5.32. The van der Waals surface area contributed by atoms with E-state index in [0.29, 0.717) is 44.2 Å². The zero-order valence-corrected chi connectivity index (χ0v) is 20.1. The highest BCUT2D eigenvalue weighted by Gasteiger charge is 2.26. The van der Waals surface area contributed by atoms with Crippen LogP contribution >= 0.6 is 0 Å². The smallest absolute Gasteiger partial charge is 0.269 e. The average Bonchev–Trinajstić information content (AvgIpc) is 2.87. The molecule has 1 heterocycles. The van der Waals surface area contributed by atoms with Gasteiger partial charge in [0.25, 0.3) is 5.91 Å². The molecule has 2 amide bonds. The molecule has 0 unspecified atom stereocenters. The maximum atomic E-state index is 12.8. The van der Waals surface area contributed by atoms with Gasteiger partial charge >= 0.3 is 0 Å². The van der Waals surface area contributed by atoms with Crippen molar-refractivity contribution in [2.45, 2.75) is 43.9 Å². The number of nitrogens with zero attached hydrogens (tertiary/aromatic N) is 1. The number of hydrogen-bond donors (Lipinski definition) is 2. The van der Waals surface area contributed by atoms with Gasteiger partial charge in [-0.15, -0.1) is 0 Å². The maximum absolute atomic E-state index is 12.8. The minimum atomic E-state index is -3.65. The number of carbonyl (C=O) groups is 2. The van der Waals surface area contributed by atoms with E-state index >= 15 is 0 Å². The summed E-state index contributed by atoms with van der Waals surface area (Å²) < 4.78 is 38.3. The van der Waals surface area contributed by atoms with E-state index in [9.17, 15) is 18.0 Å². The number of piperidine rings is 1. The first kappa shape index (κ1) is 25.5. The average molecular weight is 490 g/mol. The monoisotopic (exact) mass is 489 g/mol. The summed E-state index contributed by atoms with van der Waals surface area (Å²) in [5, 5.41) is 0. The molecular weight excluding hydrogens is 458 g/mol. The van der Waals surface area contributed by atoms with Crippen molar-refractivity contribution in [3.8, 4) is 11.5 Å². The highest BCUT2D eigenvalue weighted by molar-refractivity contribution is 7.89. The summed E-state index contributed by atoms with van der Waals surface area (Å²) >= 11 is 0. The molecule has 1 aliphatic heterocycles. The standard InChI is InChI=1S/C24H31N3O6S/c1-2-32-21-12-4-5-13-22(21)33-17-9-14-23(28)25-26-24(29)19-10-8-11-20(18-19)34(30,31)27-15-6-3-7-16-27/h4-5,8,10-13,18H,2-3,6-7,9,14-17H2,1H3,(H,25,28)(H,26,29). The number of rotatable bonds is 10. The molecule has 0 saturated carbocycles. The van der Waals surface area contributed by atoms with Crippen LogP contribution in [0.2, 0.25) is 0 Å². The van der Waals surface area contributed by atoms with E-state index in [1.807, 2.05) is 25.1 Å². The molecule has 0 bridgehead atoms. The van der Waals surface area contributed by atoms with Crippen molar-refractivity contribution in [1.82, 2.24) is 15.2 Å². The van der Waals surface area contributed by atoms with Crippen LogP contribution in [0.5, 0.6) is 11.5 Å². The van der Waals surface area contributed by atoms with Crippen molar-refractivity contribution in [2.24, 2.45) is 0 Å². The van der Waals surface area contributed by atoms with E-state index in [-0.39, 0.29) is 22.8 Å². The molecule has 3 rings (SSSR count). The fourth-order valence-corrected chi connectivity index (χ4v) is 5.14. The van der Waals surface area contributed by atoms with Crippen LogP contribution in [0, 0.1) is 0 Å². The zero-order chi connectivity index (χ0) is 24.4. The summed E-state index contributed by atoms with van der Waals surface area (Å²) in [7, 11) is -3.65. The molecule has 1 aliphatic rings. The van der Waals surface area contributed by atoms with Crippen LogP contribution in [0.4, 0.5) is 0 Å². The highest BCUT2D eigenvalue weighted by atomic mass is 32.2. The quantitative estimate of drug-likeness (QED) is 0.392. The molecule has 0 aliphatic carbocycles. The van der Waals surface area contributed by atoms with E-state index in [2.05, 4.69) is 10.9 Å². The second kappa shape index (κ2) is 12.4. The molecule has 2 aromatic rings. The Bertz CT molecular complexity index is 1080. The minimum absolute atomic E-state index is 0.0675. The number of para-hydroxylation sites is 2. The summed E-state index contributed by atoms with van der Waals surface area (Å²) in [6.45, 7) is 3.68. The van der Waals surface area contributed by atoms with Crippen molar-refractivity contribution in [1.29, 1.82) is 0 Å². The van der Waals surface area contributed by atoms with Gasteiger partial charge in [-0.3, -0.25) is 20.4 Å². The Morgan fingerprint density at radius 3 is 2.35 bits per heavy atom. The number of hydrazine groups is 1. The molecule has 184 valence electrons. The Labute approximate surface area is 200 Å². The van der Waals surface area contributed by atoms with E-state index in [1.54, 1.807) is 6.07 Å². The van der Waals surface area contributed by atoms with Gasteiger partial charge < -0.3 is 9.47 Å². The number of nitrogens with one attached hydrogen (secondary N) is 2. The summed E-state index contributed by atoms with van der Waals surface area (Å²) in [4.78, 5) is 24.6. The van der Waals surface area contributed by atoms with E-state index in [0.717, 1.165) is 19.3 Å². The first-order valence-electron chi connectivity index (χ1n) is 11.5. The third kappa shape index (κ3) is 6.94. The van der Waals surface area contributed by atoms with Crippen LogP contribution in [-0.2, 0) is 14.8 Å². The number of hydrogen-bond acceptors (Lipinski definition) is 6. The van der Waals surface area contributed by atoms with Crippen molar-refractivity contribution in [3.63, 3.8) is 0 Å². The van der Waals surface area contributed by atoms with Crippen molar-refractivity contribution in [3.05, 3.63) is 54.1 Å². The minimum Gasteiger partial charge on any atom is -0.490 e. The lowest BCUT2D eigenvalue weighted by atomic mass is 10.2. The van der Waals surface area contributed by atoms with Crippen molar-refractivity contribution >= 4 is 21.8 Å². The van der Waals surface area contributed by atoms with Gasteiger partial charge in [-0.25, -0.2) is 8.42 Å². The molecule has 0 atom stereocenters. The van der Waals surface area contributed by atoms with E-state index < -0.39 is 15.9 Å². The summed E-state index contributed by atoms with van der Waals surface area (Å²) in [5.41, 5.74) is 4.84. The lowest BCUT2D eigenvalue weighted by Gasteiger charge is -2.26. The Balaban J connectivity index is 1.45. The predicted octanol–water partition coefficient (Wildman–Crippen LogP) is 2.88. The number of carbonyl (C=O) groups excluding carboxylic acids is 2. The first-order chi connectivity index (χ1) is 16.4. The molecule has 1 saturated heterocycles. The van der Waals surface area contributed by atoms with Gasteiger partial charge in [0.2, 0.25) is 15.9 Å². The molecule has 0 spiro atoms. The summed E-state index contributed by atoms with van der Waals surface area (Å²) in [6.07, 6.45) is 3.25. The largest absolute Gasteiger partial charge is 0.490 e. The van der Waals surface area contributed by atoms with Crippen LogP contribution in [0.3, 0.4) is 0 Å². The molecule has 10 heteroatoms. The Morgan fingerprint density at radius 1 is 0.941 bits per heavy atom. The molecule has 2 aromatic carbocycles. The number of sulfonamides is 1. The second-order valence-electron chi connectivity index (χ2n) is 7.83. The lowest BCUT2D eigenvalue weighted by molar-refractivity contribution is -0.122. The molecule has 9 nitrogen and oxygen atoms in total. The Hall–Kier alpha value is -3.11. The molecular formula is C24H31N3O6S. The topological polar surface area (TPSA) is 114 Å². The van der Waals surface area contributed by atoms with E-state index in [1.165, 1.54) is 28.6 Å². The molecule has 1 fully saturated rings. The van der Waals surface area contributed by atoms with Crippen LogP contribution in [0.15, 0.2) is 53.4 Å². The maximum Gasteiger partial charge on any atom is 0.269 e. The SMILES string of the molecule is CCOc1ccccc1OCCCC(=O)NNC(=O)c1cccc(S(=O)(=O)N2CCCCC2)c1. The van der Waals surface area contributed by atoms with Crippen LogP contribution in [0.25, 0.3) is 0 Å². The van der Waals surface area contributed by atoms with Gasteiger partial charge in [-0.1, -0.05) is 24.6 Å². The summed E-state index contributed by atoms with van der Waals surface area (Å²) in [6, 6.07) is 13.1. The van der Waals surface area contributed by atoms with Gasteiger partial charge in [-0.05, 0) is 56.5 Å². The van der Waals surface area contributed by atoms with Gasteiger partial charge in [0.1, 0.15) is 0 Å². The van der Waals surface area contributed by atoms with Crippen LogP contribution in [-0.4, -0.2) is 50.8 Å². The van der Waals surface area contributed by atoms with Crippen molar-refractivity contribution < 1.29 is 27.5 Å².